The Morgan fingerprint density at radius 1 is 0.588 bits per heavy atom. The van der Waals surface area contributed by atoms with E-state index in [2.05, 4.69) is 38.1 Å². The molecule has 1 heterocycles. The lowest BCUT2D eigenvalue weighted by Gasteiger charge is -2.15. The van der Waals surface area contributed by atoms with E-state index < -0.39 is 12.1 Å². The van der Waals surface area contributed by atoms with Crippen LogP contribution in [0.25, 0.3) is 56.4 Å². The summed E-state index contributed by atoms with van der Waals surface area (Å²) >= 11 is 0. The van der Waals surface area contributed by atoms with Crippen molar-refractivity contribution in [2.75, 3.05) is 6.61 Å². The van der Waals surface area contributed by atoms with Gasteiger partial charge in [-0.2, -0.15) is 0 Å². The fourth-order valence-corrected chi connectivity index (χ4v) is 5.79. The number of phenols is 1. The van der Waals surface area contributed by atoms with Crippen LogP contribution in [0.15, 0.2) is 127 Å². The van der Waals surface area contributed by atoms with Gasteiger partial charge in [0.05, 0.1) is 12.2 Å². The Morgan fingerprint density at radius 2 is 1.08 bits per heavy atom. The summed E-state index contributed by atoms with van der Waals surface area (Å²) in [6, 6.07) is 41.4. The number of unbranched alkanes of at least 4 members (excludes halogenated alkanes) is 2. The van der Waals surface area contributed by atoms with Gasteiger partial charge in [-0.05, 0) is 53.6 Å². The predicted octanol–water partition coefficient (Wildman–Crippen LogP) is 10.4. The second-order valence-electron chi connectivity index (χ2n) is 13.0. The number of nitrogens with zero attached hydrogens (tertiary/aromatic N) is 3. The largest absolute Gasteiger partial charge is 0.507 e. The third-order valence-corrected chi connectivity index (χ3v) is 8.66. The smallest absolute Gasteiger partial charge is 0.347 e. The highest BCUT2D eigenvalue weighted by Gasteiger charge is 2.19. The fraction of sp³-hybridized carbons (Fsp3) is 0.227. The van der Waals surface area contributed by atoms with Crippen LogP contribution in [0, 0.1) is 5.92 Å². The molecule has 51 heavy (non-hydrogen) atoms. The van der Waals surface area contributed by atoms with Crippen molar-refractivity contribution in [3.05, 3.63) is 127 Å². The summed E-state index contributed by atoms with van der Waals surface area (Å²) < 4.78 is 11.3. The molecule has 258 valence electrons. The van der Waals surface area contributed by atoms with Gasteiger partial charge in [-0.1, -0.05) is 142 Å². The Labute approximate surface area is 300 Å². The van der Waals surface area contributed by atoms with Crippen LogP contribution in [0.1, 0.15) is 46.5 Å². The molecular weight excluding hydrogens is 635 g/mol. The van der Waals surface area contributed by atoms with Crippen molar-refractivity contribution in [1.29, 1.82) is 0 Å². The molecule has 0 fully saturated rings. The molecule has 1 atom stereocenters. The number of aromatic hydroxyl groups is 1. The summed E-state index contributed by atoms with van der Waals surface area (Å²) in [5, 5.41) is 11.2. The van der Waals surface area contributed by atoms with Crippen molar-refractivity contribution < 1.29 is 19.4 Å². The Hall–Kier alpha value is -5.82. The molecule has 1 aromatic heterocycles. The van der Waals surface area contributed by atoms with Crippen LogP contribution in [0.2, 0.25) is 0 Å². The highest BCUT2D eigenvalue weighted by Crippen LogP contribution is 2.34. The summed E-state index contributed by atoms with van der Waals surface area (Å²) in [5.74, 6) is 1.74. The van der Waals surface area contributed by atoms with Gasteiger partial charge in [0.15, 0.2) is 23.6 Å². The summed E-state index contributed by atoms with van der Waals surface area (Å²) in [4.78, 5) is 27.1. The first-order valence-corrected chi connectivity index (χ1v) is 17.6. The number of benzene rings is 5. The van der Waals surface area contributed by atoms with E-state index in [9.17, 15) is 9.90 Å². The van der Waals surface area contributed by atoms with Crippen molar-refractivity contribution in [2.24, 2.45) is 5.92 Å². The quantitative estimate of drug-likeness (QED) is 0.0905. The van der Waals surface area contributed by atoms with E-state index >= 15 is 0 Å². The normalized spacial score (nSPS) is 11.7. The molecule has 5 aromatic carbocycles. The van der Waals surface area contributed by atoms with Gasteiger partial charge in [-0.15, -0.1) is 0 Å². The molecule has 1 N–H and O–H groups in total. The lowest BCUT2D eigenvalue weighted by atomic mass is 10.0. The molecule has 0 bridgehead atoms. The molecule has 7 nitrogen and oxygen atoms in total. The van der Waals surface area contributed by atoms with E-state index in [1.807, 2.05) is 84.9 Å². The van der Waals surface area contributed by atoms with Gasteiger partial charge in [-0.3, -0.25) is 0 Å². The maximum absolute atomic E-state index is 12.6. The Balaban J connectivity index is 1.25. The van der Waals surface area contributed by atoms with Crippen LogP contribution in [0.3, 0.4) is 0 Å². The van der Waals surface area contributed by atoms with Crippen molar-refractivity contribution in [1.82, 2.24) is 15.0 Å². The first-order chi connectivity index (χ1) is 24.8. The van der Waals surface area contributed by atoms with Crippen LogP contribution >= 0.6 is 0 Å². The topological polar surface area (TPSA) is 94.4 Å². The summed E-state index contributed by atoms with van der Waals surface area (Å²) in [7, 11) is 0. The van der Waals surface area contributed by atoms with E-state index in [4.69, 9.17) is 24.4 Å². The second-order valence-corrected chi connectivity index (χ2v) is 13.0. The lowest BCUT2D eigenvalue weighted by Crippen LogP contribution is -2.26. The van der Waals surface area contributed by atoms with Crippen molar-refractivity contribution in [2.45, 2.75) is 52.6 Å². The zero-order valence-electron chi connectivity index (χ0n) is 29.3. The Bertz CT molecular complexity index is 1930. The fourth-order valence-electron chi connectivity index (χ4n) is 5.79. The molecule has 0 saturated carbocycles. The standard InChI is InChI=1S/C44H43N3O4/c1-30(2)13-7-6-12-28-50-44(49)31(3)51-38-26-27-39(40(48)29-38)43-46-41(36-22-18-34(19-23-36)32-14-8-4-9-15-32)45-42(47-43)37-24-20-35(21-25-37)33-16-10-5-11-17-33/h4-5,8-11,14-27,29-31,48H,6-7,12-13,28H2,1-3H3. The van der Waals surface area contributed by atoms with Crippen molar-refractivity contribution in [3.8, 4) is 67.9 Å². The van der Waals surface area contributed by atoms with E-state index in [1.54, 1.807) is 19.1 Å². The van der Waals surface area contributed by atoms with Crippen LogP contribution < -0.4 is 4.74 Å². The zero-order valence-corrected chi connectivity index (χ0v) is 29.3. The predicted molar refractivity (Wildman–Crippen MR) is 203 cm³/mol. The molecule has 6 rings (SSSR count). The summed E-state index contributed by atoms with van der Waals surface area (Å²) in [5.41, 5.74) is 6.43. The van der Waals surface area contributed by atoms with Gasteiger partial charge in [0.2, 0.25) is 0 Å². The molecule has 0 aliphatic carbocycles. The molecule has 1 unspecified atom stereocenters. The first-order valence-electron chi connectivity index (χ1n) is 17.6. The number of ether oxygens (including phenoxy) is 2. The number of rotatable bonds is 14. The van der Waals surface area contributed by atoms with E-state index in [-0.39, 0.29) is 5.75 Å². The maximum atomic E-state index is 12.6. The van der Waals surface area contributed by atoms with Crippen LogP contribution in [-0.4, -0.2) is 38.7 Å². The molecule has 0 spiro atoms. The molecule has 0 radical (unpaired) electrons. The number of aromatic nitrogens is 3. The van der Waals surface area contributed by atoms with Gasteiger partial charge in [0.25, 0.3) is 0 Å². The van der Waals surface area contributed by atoms with Crippen LogP contribution in [-0.2, 0) is 9.53 Å². The summed E-state index contributed by atoms with van der Waals surface area (Å²) in [6.07, 6.45) is 3.31. The average molecular weight is 678 g/mol. The average Bonchev–Trinajstić information content (AvgIpc) is 3.16. The number of carbonyl (C=O) groups is 1. The monoisotopic (exact) mass is 677 g/mol. The van der Waals surface area contributed by atoms with Gasteiger partial charge in [0.1, 0.15) is 11.5 Å². The molecule has 0 aliphatic heterocycles. The highest BCUT2D eigenvalue weighted by molar-refractivity contribution is 5.76. The lowest BCUT2D eigenvalue weighted by molar-refractivity contribution is -0.151. The zero-order chi connectivity index (χ0) is 35.6. The molecule has 7 heteroatoms. The van der Waals surface area contributed by atoms with E-state index in [0.717, 1.165) is 52.6 Å². The SMILES string of the molecule is CC(C)CCCCCOC(=O)C(C)Oc1ccc(-c2nc(-c3ccc(-c4ccccc4)cc3)nc(-c3ccc(-c4ccccc4)cc3)n2)c(O)c1. The third-order valence-electron chi connectivity index (χ3n) is 8.66. The maximum Gasteiger partial charge on any atom is 0.347 e. The minimum atomic E-state index is -0.834. The van der Waals surface area contributed by atoms with Gasteiger partial charge >= 0.3 is 5.97 Å². The Kier molecular flexibility index (Phi) is 11.5. The van der Waals surface area contributed by atoms with Gasteiger partial charge in [0, 0.05) is 17.2 Å². The number of carbonyl (C=O) groups excluding carboxylic acids is 1. The van der Waals surface area contributed by atoms with Crippen LogP contribution in [0.5, 0.6) is 11.5 Å². The van der Waals surface area contributed by atoms with E-state index in [0.29, 0.717) is 41.3 Å². The molecule has 0 aliphatic rings. The van der Waals surface area contributed by atoms with Crippen molar-refractivity contribution >= 4 is 5.97 Å². The van der Waals surface area contributed by atoms with Crippen LogP contribution in [0.4, 0.5) is 0 Å². The summed E-state index contributed by atoms with van der Waals surface area (Å²) in [6.45, 7) is 6.42. The molecule has 0 saturated heterocycles. The Morgan fingerprint density at radius 3 is 1.59 bits per heavy atom. The molecule has 6 aromatic rings. The van der Waals surface area contributed by atoms with Gasteiger partial charge in [-0.25, -0.2) is 19.7 Å². The van der Waals surface area contributed by atoms with Gasteiger partial charge < -0.3 is 14.6 Å². The molecular formula is C44H43N3O4. The number of esters is 1. The minimum Gasteiger partial charge on any atom is -0.507 e. The second kappa shape index (κ2) is 16.7. The number of hydrogen-bond donors (Lipinski definition) is 1. The molecule has 0 amide bonds. The van der Waals surface area contributed by atoms with E-state index in [1.165, 1.54) is 12.5 Å². The van der Waals surface area contributed by atoms with Crippen molar-refractivity contribution in [3.63, 3.8) is 0 Å². The first kappa shape index (κ1) is 35.0. The highest BCUT2D eigenvalue weighted by atomic mass is 16.6. The number of phenolic OH excluding ortho intramolecular Hbond substituents is 1. The minimum absolute atomic E-state index is 0.0832. The number of hydrogen-bond acceptors (Lipinski definition) is 7. The third kappa shape index (κ3) is 9.25.